The number of fused-ring (bicyclic) bond motifs is 5. The maximum atomic E-state index is 13.2. The lowest BCUT2D eigenvalue weighted by molar-refractivity contribution is 0.0950. The van der Waals surface area contributed by atoms with Gasteiger partial charge in [0.05, 0.1) is 16.4 Å². The molecule has 2 N–H and O–H groups in total. The Morgan fingerprint density at radius 1 is 1.17 bits per heavy atom. The van der Waals surface area contributed by atoms with Crippen LogP contribution < -0.4 is 10.7 Å². The number of nitrogens with zero attached hydrogens (tertiary/aromatic N) is 3. The van der Waals surface area contributed by atoms with Crippen LogP contribution in [0.4, 0.5) is 0 Å². The molecule has 4 heterocycles. The van der Waals surface area contributed by atoms with E-state index < -0.39 is 0 Å². The average Bonchev–Trinajstić information content (AvgIpc) is 3.35. The van der Waals surface area contributed by atoms with Gasteiger partial charge in [-0.05, 0) is 50.2 Å². The number of amides is 1. The summed E-state index contributed by atoms with van der Waals surface area (Å²) in [4.78, 5) is 36.1. The number of likely N-dealkylation sites (tertiary alicyclic amines) is 1. The quantitative estimate of drug-likeness (QED) is 0.508. The molecule has 4 aromatic rings. The minimum Gasteiger partial charge on any atom is -0.351 e. The number of H-pyrrole nitrogens is 1. The normalized spacial score (nSPS) is 14.9. The first-order valence-electron chi connectivity index (χ1n) is 9.76. The largest absolute Gasteiger partial charge is 0.351 e. The van der Waals surface area contributed by atoms with Crippen molar-refractivity contribution in [2.45, 2.75) is 12.8 Å². The summed E-state index contributed by atoms with van der Waals surface area (Å²) in [5, 5.41) is 3.57. The number of benzene rings is 1. The van der Waals surface area contributed by atoms with Crippen LogP contribution in [-0.2, 0) is 0 Å². The molecule has 29 heavy (non-hydrogen) atoms. The number of rotatable bonds is 4. The molecule has 3 aromatic heterocycles. The summed E-state index contributed by atoms with van der Waals surface area (Å²) in [5.41, 5.74) is 2.25. The van der Waals surface area contributed by atoms with Crippen LogP contribution in [0, 0.1) is 0 Å². The molecule has 0 aliphatic carbocycles. The van der Waals surface area contributed by atoms with Gasteiger partial charge in [-0.15, -0.1) is 0 Å². The van der Waals surface area contributed by atoms with Crippen molar-refractivity contribution in [3.63, 3.8) is 0 Å². The Morgan fingerprint density at radius 2 is 1.97 bits per heavy atom. The predicted molar refractivity (Wildman–Crippen MR) is 114 cm³/mol. The van der Waals surface area contributed by atoms with Crippen molar-refractivity contribution in [1.82, 2.24) is 24.6 Å². The minimum atomic E-state index is -0.380. The van der Waals surface area contributed by atoms with Crippen molar-refractivity contribution < 1.29 is 4.79 Å². The molecule has 0 atom stereocenters. The van der Waals surface area contributed by atoms with Gasteiger partial charge in [-0.25, -0.2) is 4.98 Å². The van der Waals surface area contributed by atoms with Gasteiger partial charge in [0.25, 0.3) is 5.91 Å². The number of imidazole rings is 1. The lowest BCUT2D eigenvalue weighted by Crippen LogP contribution is -2.36. The van der Waals surface area contributed by atoms with Crippen LogP contribution in [0.25, 0.3) is 27.7 Å². The first-order valence-corrected chi connectivity index (χ1v) is 10.1. The highest BCUT2D eigenvalue weighted by Gasteiger charge is 2.22. The molecule has 7 nitrogen and oxygen atoms in total. The average molecular weight is 410 g/mol. The van der Waals surface area contributed by atoms with E-state index in [0.717, 1.165) is 30.7 Å². The second kappa shape index (κ2) is 7.17. The Balaban J connectivity index is 1.65. The third-order valence-corrected chi connectivity index (χ3v) is 5.73. The number of hydrogen-bond acceptors (Lipinski definition) is 4. The zero-order valence-electron chi connectivity index (χ0n) is 15.7. The molecular weight excluding hydrogens is 390 g/mol. The Bertz CT molecular complexity index is 1300. The number of pyridine rings is 2. The number of para-hydroxylation sites is 2. The SMILES string of the molecule is O=C(NCCN1CCCC1)c1c(=O)c2ccc(Cl)nc2n2c1[nH]c1ccccc12. The second-order valence-electron chi connectivity index (χ2n) is 7.34. The minimum absolute atomic E-state index is 0.0965. The molecule has 1 aliphatic rings. The number of nitrogens with one attached hydrogen (secondary N) is 2. The van der Waals surface area contributed by atoms with Crippen LogP contribution in [0.3, 0.4) is 0 Å². The van der Waals surface area contributed by atoms with Gasteiger partial charge in [0.15, 0.2) is 5.65 Å². The van der Waals surface area contributed by atoms with E-state index in [9.17, 15) is 9.59 Å². The molecule has 0 spiro atoms. The zero-order chi connectivity index (χ0) is 20.0. The van der Waals surface area contributed by atoms with E-state index in [2.05, 4.69) is 20.2 Å². The zero-order valence-corrected chi connectivity index (χ0v) is 16.5. The molecule has 0 radical (unpaired) electrons. The maximum Gasteiger partial charge on any atom is 0.259 e. The maximum absolute atomic E-state index is 13.2. The number of aromatic nitrogens is 3. The molecular formula is C21H20ClN5O2. The van der Waals surface area contributed by atoms with Gasteiger partial charge in [0, 0.05) is 13.1 Å². The molecule has 0 saturated carbocycles. The van der Waals surface area contributed by atoms with Crippen molar-refractivity contribution in [2.75, 3.05) is 26.2 Å². The molecule has 5 rings (SSSR count). The smallest absolute Gasteiger partial charge is 0.259 e. The highest BCUT2D eigenvalue weighted by atomic mass is 35.5. The van der Waals surface area contributed by atoms with E-state index in [-0.39, 0.29) is 16.9 Å². The summed E-state index contributed by atoms with van der Waals surface area (Å²) in [7, 11) is 0. The van der Waals surface area contributed by atoms with Crippen molar-refractivity contribution >= 4 is 45.2 Å². The third kappa shape index (κ3) is 3.07. The van der Waals surface area contributed by atoms with Gasteiger partial charge < -0.3 is 15.2 Å². The first kappa shape index (κ1) is 18.1. The summed E-state index contributed by atoms with van der Waals surface area (Å²) in [5.74, 6) is -0.380. The van der Waals surface area contributed by atoms with E-state index in [1.54, 1.807) is 16.5 Å². The van der Waals surface area contributed by atoms with E-state index in [1.807, 2.05) is 24.3 Å². The van der Waals surface area contributed by atoms with E-state index in [0.29, 0.717) is 28.4 Å². The molecule has 1 aromatic carbocycles. The van der Waals surface area contributed by atoms with E-state index in [4.69, 9.17) is 11.6 Å². The van der Waals surface area contributed by atoms with Gasteiger partial charge >= 0.3 is 0 Å². The molecule has 1 fully saturated rings. The lowest BCUT2D eigenvalue weighted by atomic mass is 10.1. The number of hydrogen-bond donors (Lipinski definition) is 2. The van der Waals surface area contributed by atoms with Gasteiger partial charge in [0.2, 0.25) is 5.43 Å². The standard InChI is InChI=1S/C21H20ClN5O2/c22-16-8-7-13-18(28)17(21(29)23-9-12-26-10-3-4-11-26)20-24-14-5-1-2-6-15(14)27(20)19(13)25-16/h1-2,5-8,24H,3-4,9-12H2,(H,23,29). The summed E-state index contributed by atoms with van der Waals surface area (Å²) >= 11 is 6.10. The summed E-state index contributed by atoms with van der Waals surface area (Å²) < 4.78 is 1.80. The molecule has 8 heteroatoms. The lowest BCUT2D eigenvalue weighted by Gasteiger charge is -2.15. The van der Waals surface area contributed by atoms with Gasteiger partial charge in [0.1, 0.15) is 16.4 Å². The van der Waals surface area contributed by atoms with Crippen LogP contribution in [0.15, 0.2) is 41.2 Å². The first-order chi connectivity index (χ1) is 14.1. The fourth-order valence-electron chi connectivity index (χ4n) is 4.12. The van der Waals surface area contributed by atoms with Gasteiger partial charge in [-0.2, -0.15) is 0 Å². The monoisotopic (exact) mass is 409 g/mol. The molecule has 1 amide bonds. The Labute approximate surface area is 171 Å². The molecule has 0 bridgehead atoms. The topological polar surface area (TPSA) is 82.5 Å². The van der Waals surface area contributed by atoms with Crippen molar-refractivity contribution in [1.29, 1.82) is 0 Å². The second-order valence-corrected chi connectivity index (χ2v) is 7.73. The Morgan fingerprint density at radius 3 is 2.79 bits per heavy atom. The summed E-state index contributed by atoms with van der Waals surface area (Å²) in [6.07, 6.45) is 2.40. The van der Waals surface area contributed by atoms with Crippen molar-refractivity contribution in [3.8, 4) is 0 Å². The number of aromatic amines is 1. The van der Waals surface area contributed by atoms with Crippen LogP contribution >= 0.6 is 11.6 Å². The fourth-order valence-corrected chi connectivity index (χ4v) is 4.26. The Hall–Kier alpha value is -2.90. The van der Waals surface area contributed by atoms with E-state index in [1.165, 1.54) is 12.8 Å². The van der Waals surface area contributed by atoms with Crippen molar-refractivity contribution in [3.05, 3.63) is 57.3 Å². The summed E-state index contributed by atoms with van der Waals surface area (Å²) in [6, 6.07) is 10.8. The molecule has 0 unspecified atom stereocenters. The fraction of sp³-hybridized carbons (Fsp3) is 0.286. The summed E-state index contributed by atoms with van der Waals surface area (Å²) in [6.45, 7) is 3.41. The Kier molecular flexibility index (Phi) is 4.49. The molecule has 148 valence electrons. The number of halogens is 1. The molecule has 1 aliphatic heterocycles. The van der Waals surface area contributed by atoms with Crippen LogP contribution in [-0.4, -0.2) is 51.4 Å². The highest BCUT2D eigenvalue weighted by Crippen LogP contribution is 2.23. The van der Waals surface area contributed by atoms with Crippen LogP contribution in [0.2, 0.25) is 5.15 Å². The molecule has 1 saturated heterocycles. The van der Waals surface area contributed by atoms with Crippen LogP contribution in [0.1, 0.15) is 23.2 Å². The number of carbonyl (C=O) groups is 1. The van der Waals surface area contributed by atoms with E-state index >= 15 is 0 Å². The third-order valence-electron chi connectivity index (χ3n) is 5.52. The van der Waals surface area contributed by atoms with Crippen molar-refractivity contribution in [2.24, 2.45) is 0 Å². The van der Waals surface area contributed by atoms with Gasteiger partial charge in [-0.3, -0.25) is 14.0 Å². The highest BCUT2D eigenvalue weighted by molar-refractivity contribution is 6.29. The predicted octanol–water partition coefficient (Wildman–Crippen LogP) is 2.81. The van der Waals surface area contributed by atoms with Crippen LogP contribution in [0.5, 0.6) is 0 Å². The van der Waals surface area contributed by atoms with Gasteiger partial charge in [-0.1, -0.05) is 23.7 Å². The number of carbonyl (C=O) groups excluding carboxylic acids is 1.